The van der Waals surface area contributed by atoms with Gasteiger partial charge in [-0.05, 0) is 12.8 Å². The quantitative estimate of drug-likeness (QED) is 0.561. The fourth-order valence-electron chi connectivity index (χ4n) is 0.799. The lowest BCUT2D eigenvalue weighted by molar-refractivity contribution is -0.125. The number of alkyl halides is 3. The molecule has 0 amide bonds. The van der Waals surface area contributed by atoms with Crippen molar-refractivity contribution in [3.63, 3.8) is 0 Å². The van der Waals surface area contributed by atoms with Crippen molar-refractivity contribution in [1.82, 2.24) is 0 Å². The standard InChI is InChI=1S/C8H13F3/c1-3-7(4-2)5-6-8(9,10)11/h5H,3-4,6H2,1-2H3. The van der Waals surface area contributed by atoms with Crippen molar-refractivity contribution in [2.75, 3.05) is 0 Å². The molecule has 0 unspecified atom stereocenters. The molecule has 0 heterocycles. The molecule has 0 aromatic rings. The summed E-state index contributed by atoms with van der Waals surface area (Å²) in [6, 6.07) is 0. The maximum Gasteiger partial charge on any atom is 0.392 e. The van der Waals surface area contributed by atoms with E-state index in [0.717, 1.165) is 5.57 Å². The Balaban J connectivity index is 3.89. The van der Waals surface area contributed by atoms with Crippen LogP contribution in [0.15, 0.2) is 11.6 Å². The zero-order chi connectivity index (χ0) is 8.91. The first-order chi connectivity index (χ1) is 4.99. The van der Waals surface area contributed by atoms with Crippen LogP contribution in [0.4, 0.5) is 13.2 Å². The Hall–Kier alpha value is -0.470. The molecule has 0 aromatic heterocycles. The maximum absolute atomic E-state index is 11.6. The van der Waals surface area contributed by atoms with Crippen molar-refractivity contribution >= 4 is 0 Å². The molecule has 0 bridgehead atoms. The predicted molar refractivity (Wildman–Crippen MR) is 39.3 cm³/mol. The van der Waals surface area contributed by atoms with Gasteiger partial charge in [0.15, 0.2) is 0 Å². The van der Waals surface area contributed by atoms with E-state index in [1.54, 1.807) is 0 Å². The molecule has 0 aliphatic heterocycles. The fraction of sp³-hybridized carbons (Fsp3) is 0.750. The molecule has 0 N–H and O–H groups in total. The van der Waals surface area contributed by atoms with Gasteiger partial charge in [-0.2, -0.15) is 13.2 Å². The summed E-state index contributed by atoms with van der Waals surface area (Å²) in [5, 5.41) is 0. The molecule has 0 fully saturated rings. The molecular formula is C8H13F3. The summed E-state index contributed by atoms with van der Waals surface area (Å²) in [7, 11) is 0. The summed E-state index contributed by atoms with van der Waals surface area (Å²) in [5.41, 5.74) is 0.877. The fourth-order valence-corrected chi connectivity index (χ4v) is 0.799. The van der Waals surface area contributed by atoms with Crippen LogP contribution in [0.2, 0.25) is 0 Å². The van der Waals surface area contributed by atoms with E-state index in [4.69, 9.17) is 0 Å². The highest BCUT2D eigenvalue weighted by atomic mass is 19.4. The Morgan fingerprint density at radius 2 is 1.64 bits per heavy atom. The van der Waals surface area contributed by atoms with Gasteiger partial charge in [0.1, 0.15) is 0 Å². The molecule has 11 heavy (non-hydrogen) atoms. The van der Waals surface area contributed by atoms with Gasteiger partial charge in [-0.1, -0.05) is 25.5 Å². The van der Waals surface area contributed by atoms with Gasteiger partial charge in [0, 0.05) is 0 Å². The van der Waals surface area contributed by atoms with Crippen LogP contribution in [-0.4, -0.2) is 6.18 Å². The van der Waals surface area contributed by atoms with E-state index in [9.17, 15) is 13.2 Å². The van der Waals surface area contributed by atoms with Crippen molar-refractivity contribution in [3.05, 3.63) is 11.6 Å². The molecular weight excluding hydrogens is 153 g/mol. The Morgan fingerprint density at radius 3 is 1.91 bits per heavy atom. The second-order valence-electron chi connectivity index (χ2n) is 2.39. The Kier molecular flexibility index (Phi) is 4.23. The number of halogens is 3. The van der Waals surface area contributed by atoms with Gasteiger partial charge in [-0.25, -0.2) is 0 Å². The van der Waals surface area contributed by atoms with E-state index in [2.05, 4.69) is 0 Å². The zero-order valence-corrected chi connectivity index (χ0v) is 6.83. The minimum absolute atomic E-state index is 0.715. The molecule has 0 atom stereocenters. The topological polar surface area (TPSA) is 0 Å². The molecule has 66 valence electrons. The van der Waals surface area contributed by atoms with Crippen LogP contribution in [0.5, 0.6) is 0 Å². The lowest BCUT2D eigenvalue weighted by Crippen LogP contribution is -2.04. The first kappa shape index (κ1) is 10.5. The van der Waals surface area contributed by atoms with Crippen molar-refractivity contribution < 1.29 is 13.2 Å². The summed E-state index contributed by atoms with van der Waals surface area (Å²) in [5.74, 6) is 0. The third kappa shape index (κ3) is 5.95. The van der Waals surface area contributed by atoms with Gasteiger partial charge in [0.2, 0.25) is 0 Å². The first-order valence-corrected chi connectivity index (χ1v) is 3.74. The molecule has 0 aromatic carbocycles. The smallest absolute Gasteiger partial charge is 0.171 e. The molecule has 0 saturated heterocycles. The van der Waals surface area contributed by atoms with E-state index in [0.29, 0.717) is 12.8 Å². The monoisotopic (exact) mass is 166 g/mol. The van der Waals surface area contributed by atoms with Crippen LogP contribution in [-0.2, 0) is 0 Å². The van der Waals surface area contributed by atoms with Gasteiger partial charge in [0.25, 0.3) is 0 Å². The van der Waals surface area contributed by atoms with Crippen LogP contribution in [0.1, 0.15) is 33.1 Å². The Morgan fingerprint density at radius 1 is 1.18 bits per heavy atom. The minimum atomic E-state index is -4.05. The van der Waals surface area contributed by atoms with Crippen LogP contribution in [0.3, 0.4) is 0 Å². The van der Waals surface area contributed by atoms with Gasteiger partial charge >= 0.3 is 6.18 Å². The van der Waals surface area contributed by atoms with Gasteiger partial charge < -0.3 is 0 Å². The van der Waals surface area contributed by atoms with Crippen molar-refractivity contribution in [3.8, 4) is 0 Å². The molecule has 0 spiro atoms. The van der Waals surface area contributed by atoms with E-state index < -0.39 is 12.6 Å². The van der Waals surface area contributed by atoms with E-state index >= 15 is 0 Å². The van der Waals surface area contributed by atoms with Crippen LogP contribution < -0.4 is 0 Å². The van der Waals surface area contributed by atoms with E-state index in [1.165, 1.54) is 6.08 Å². The highest BCUT2D eigenvalue weighted by Crippen LogP contribution is 2.21. The van der Waals surface area contributed by atoms with E-state index in [-0.39, 0.29) is 0 Å². The van der Waals surface area contributed by atoms with Crippen molar-refractivity contribution in [2.45, 2.75) is 39.3 Å². The molecule has 0 nitrogen and oxygen atoms in total. The van der Waals surface area contributed by atoms with Crippen molar-refractivity contribution in [2.24, 2.45) is 0 Å². The first-order valence-electron chi connectivity index (χ1n) is 3.74. The molecule has 0 rings (SSSR count). The molecule has 0 aliphatic rings. The average molecular weight is 166 g/mol. The van der Waals surface area contributed by atoms with Gasteiger partial charge in [-0.15, -0.1) is 0 Å². The predicted octanol–water partition coefficient (Wildman–Crippen LogP) is 3.69. The second-order valence-corrected chi connectivity index (χ2v) is 2.39. The number of rotatable bonds is 3. The van der Waals surface area contributed by atoms with Crippen LogP contribution >= 0.6 is 0 Å². The molecule has 0 aliphatic carbocycles. The lowest BCUT2D eigenvalue weighted by Gasteiger charge is -2.03. The van der Waals surface area contributed by atoms with Gasteiger partial charge in [-0.3, -0.25) is 0 Å². The number of hydrogen-bond acceptors (Lipinski definition) is 0. The zero-order valence-electron chi connectivity index (χ0n) is 6.83. The van der Waals surface area contributed by atoms with Crippen molar-refractivity contribution in [1.29, 1.82) is 0 Å². The molecule has 3 heteroatoms. The Labute approximate surface area is 65.1 Å². The highest BCUT2D eigenvalue weighted by Gasteiger charge is 2.24. The number of allylic oxidation sites excluding steroid dienone is 2. The summed E-state index contributed by atoms with van der Waals surface area (Å²) in [4.78, 5) is 0. The number of hydrogen-bond donors (Lipinski definition) is 0. The lowest BCUT2D eigenvalue weighted by atomic mass is 10.1. The van der Waals surface area contributed by atoms with Gasteiger partial charge in [0.05, 0.1) is 6.42 Å². The summed E-state index contributed by atoms with van der Waals surface area (Å²) in [6.07, 6.45) is -2.13. The highest BCUT2D eigenvalue weighted by molar-refractivity contribution is 5.00. The SMILES string of the molecule is CCC(=CCC(F)(F)F)CC. The average Bonchev–Trinajstić information content (AvgIpc) is 1.88. The minimum Gasteiger partial charge on any atom is -0.171 e. The molecule has 0 saturated carbocycles. The maximum atomic E-state index is 11.6. The largest absolute Gasteiger partial charge is 0.392 e. The van der Waals surface area contributed by atoms with Crippen LogP contribution in [0.25, 0.3) is 0 Å². The molecule has 0 radical (unpaired) electrons. The third-order valence-electron chi connectivity index (χ3n) is 1.53. The summed E-state index contributed by atoms with van der Waals surface area (Å²) < 4.78 is 34.9. The van der Waals surface area contributed by atoms with E-state index in [1.807, 2.05) is 13.8 Å². The summed E-state index contributed by atoms with van der Waals surface area (Å²) >= 11 is 0. The second kappa shape index (κ2) is 4.42. The normalized spacial score (nSPS) is 11.4. The third-order valence-corrected chi connectivity index (χ3v) is 1.53. The van der Waals surface area contributed by atoms with Crippen LogP contribution in [0, 0.1) is 0 Å². The summed E-state index contributed by atoms with van der Waals surface area (Å²) in [6.45, 7) is 3.73. The Bertz CT molecular complexity index is 127.